The van der Waals surface area contributed by atoms with Crippen molar-refractivity contribution in [2.45, 2.75) is 149 Å². The molecule has 6 fully saturated rings. The molecule has 0 bridgehead atoms. The summed E-state index contributed by atoms with van der Waals surface area (Å²) in [7, 11) is 0. The lowest BCUT2D eigenvalue weighted by Crippen LogP contribution is -2.68. The van der Waals surface area contributed by atoms with E-state index in [0.29, 0.717) is 18.8 Å². The highest BCUT2D eigenvalue weighted by Gasteiger charge is 2.85. The van der Waals surface area contributed by atoms with E-state index in [9.17, 15) is 29.7 Å². The highest BCUT2D eigenvalue weighted by molar-refractivity contribution is 5.66. The molecular weight excluding hydrogens is 616 g/mol. The van der Waals surface area contributed by atoms with Crippen molar-refractivity contribution in [1.29, 1.82) is 0 Å². The van der Waals surface area contributed by atoms with Crippen LogP contribution >= 0.6 is 0 Å². The first-order valence-corrected chi connectivity index (χ1v) is 18.2. The van der Waals surface area contributed by atoms with Crippen LogP contribution in [0.4, 0.5) is 0 Å². The van der Waals surface area contributed by atoms with Gasteiger partial charge < -0.3 is 39.1 Å². The van der Waals surface area contributed by atoms with E-state index >= 15 is 0 Å². The Kier molecular flexibility index (Phi) is 9.09. The topological polar surface area (TPSA) is 149 Å². The van der Waals surface area contributed by atoms with Gasteiger partial charge in [-0.25, -0.2) is 0 Å². The van der Waals surface area contributed by atoms with Gasteiger partial charge in [0.05, 0.1) is 6.10 Å². The summed E-state index contributed by atoms with van der Waals surface area (Å²) < 4.78 is 24.2. The SMILES string of the molecule is C=C(CC=O)C(C)[C@@H]1CC[C@]23C[C@]12CC[C@@H]1[C@@]2(C)CC[C@@H](OC(C)=O)C(C)(C)[C@@H]2C[C@@H](O[C@@H]2O[C@H](COC(C)=O)[C@@H](O)[C@H](O)[C@H]2O)[C@]13C. The standard InChI is InChI=1S/C38H58O10/c1-20(12-16-39)21(2)24-9-15-38-19-37(24,38)14-10-26-35(7)13-11-28(46-23(4)41)34(5,6)27(35)17-29(36(26,38)8)48-33-32(44)31(43)30(42)25(47-33)18-45-22(3)40/h16,21,24-33,42-44H,1,9-15,17-19H2,2-8H3/t21?,24-,25+,26+,27-,28+,29+,30+,31-,32+,33-,35+,36-,37+,38+/m0/s1. The third-order valence-electron chi connectivity index (χ3n) is 15.4. The maximum atomic E-state index is 12.2. The Hall–Kier alpha value is -1.85. The maximum Gasteiger partial charge on any atom is 0.302 e. The second-order valence-electron chi connectivity index (χ2n) is 17.4. The fourth-order valence-electron chi connectivity index (χ4n) is 13.0. The zero-order valence-electron chi connectivity index (χ0n) is 29.9. The molecule has 5 saturated carbocycles. The molecule has 0 spiro atoms. The lowest BCUT2D eigenvalue weighted by Gasteiger charge is -2.69. The van der Waals surface area contributed by atoms with Gasteiger partial charge in [-0.3, -0.25) is 9.59 Å². The molecule has 5 aliphatic carbocycles. The summed E-state index contributed by atoms with van der Waals surface area (Å²) >= 11 is 0. The first-order valence-electron chi connectivity index (χ1n) is 18.2. The van der Waals surface area contributed by atoms with Crippen LogP contribution in [0.25, 0.3) is 0 Å². The number of aldehydes is 1. The highest BCUT2D eigenvalue weighted by Crippen LogP contribution is 2.91. The molecular formula is C38H58O10. The monoisotopic (exact) mass is 674 g/mol. The Bertz CT molecular complexity index is 1310. The number of allylic oxidation sites excluding steroid dienone is 1. The lowest BCUT2D eigenvalue weighted by atomic mass is 9.37. The van der Waals surface area contributed by atoms with E-state index in [-0.39, 0.29) is 69.6 Å². The Morgan fingerprint density at radius 3 is 2.29 bits per heavy atom. The van der Waals surface area contributed by atoms with Gasteiger partial charge in [0.15, 0.2) is 6.29 Å². The number of fused-ring (bicyclic) bond motifs is 3. The first kappa shape index (κ1) is 36.0. The number of carbonyl (C=O) groups excluding carboxylic acids is 3. The Balaban J connectivity index is 1.39. The number of carbonyl (C=O) groups is 3. The van der Waals surface area contributed by atoms with E-state index in [0.717, 1.165) is 56.8 Å². The summed E-state index contributed by atoms with van der Waals surface area (Å²) in [6.45, 7) is 18.3. The van der Waals surface area contributed by atoms with Crippen LogP contribution in [-0.2, 0) is 33.3 Å². The molecule has 10 heteroatoms. The van der Waals surface area contributed by atoms with Crippen LogP contribution in [0.3, 0.4) is 0 Å². The van der Waals surface area contributed by atoms with Gasteiger partial charge in [-0.05, 0) is 91.3 Å². The summed E-state index contributed by atoms with van der Waals surface area (Å²) in [5.41, 5.74) is 0.389. The van der Waals surface area contributed by atoms with Gasteiger partial charge in [0, 0.05) is 31.1 Å². The Labute approximate surface area is 285 Å². The fourth-order valence-corrected chi connectivity index (χ4v) is 13.0. The molecule has 48 heavy (non-hydrogen) atoms. The van der Waals surface area contributed by atoms with Crippen LogP contribution in [0.15, 0.2) is 12.2 Å². The smallest absolute Gasteiger partial charge is 0.302 e. The third kappa shape index (κ3) is 5.01. The van der Waals surface area contributed by atoms with Gasteiger partial charge in [-0.1, -0.05) is 46.8 Å². The van der Waals surface area contributed by atoms with Gasteiger partial charge in [-0.15, -0.1) is 0 Å². The summed E-state index contributed by atoms with van der Waals surface area (Å²) in [4.78, 5) is 35.3. The second kappa shape index (κ2) is 12.1. The summed E-state index contributed by atoms with van der Waals surface area (Å²) in [6.07, 6.45) is 1.61. The predicted octanol–water partition coefficient (Wildman–Crippen LogP) is 4.50. The average molecular weight is 675 g/mol. The van der Waals surface area contributed by atoms with Crippen molar-refractivity contribution < 1.29 is 48.7 Å². The Morgan fingerprint density at radius 1 is 0.938 bits per heavy atom. The van der Waals surface area contributed by atoms with Crippen molar-refractivity contribution in [3.63, 3.8) is 0 Å². The van der Waals surface area contributed by atoms with Crippen LogP contribution in [0.1, 0.15) is 106 Å². The van der Waals surface area contributed by atoms with Crippen LogP contribution in [-0.4, -0.2) is 83.1 Å². The summed E-state index contributed by atoms with van der Waals surface area (Å²) in [6, 6.07) is 0. The van der Waals surface area contributed by atoms with Crippen molar-refractivity contribution in [3.8, 4) is 0 Å². The van der Waals surface area contributed by atoms with Gasteiger partial charge in [0.1, 0.15) is 43.4 Å². The fraction of sp³-hybridized carbons (Fsp3) is 0.868. The zero-order chi connectivity index (χ0) is 35.2. The molecule has 6 aliphatic rings. The normalized spacial score (nSPS) is 49.3. The van der Waals surface area contributed by atoms with E-state index in [2.05, 4.69) is 41.2 Å². The van der Waals surface area contributed by atoms with E-state index in [1.54, 1.807) is 0 Å². The van der Waals surface area contributed by atoms with Gasteiger partial charge in [-0.2, -0.15) is 0 Å². The molecule has 270 valence electrons. The number of hydrogen-bond acceptors (Lipinski definition) is 10. The van der Waals surface area contributed by atoms with Crippen molar-refractivity contribution >= 4 is 18.2 Å². The van der Waals surface area contributed by atoms with E-state index in [1.807, 2.05) is 0 Å². The highest BCUT2D eigenvalue weighted by atomic mass is 16.7. The van der Waals surface area contributed by atoms with Crippen LogP contribution < -0.4 is 0 Å². The minimum atomic E-state index is -1.55. The molecule has 0 aromatic heterocycles. The molecule has 1 saturated heterocycles. The lowest BCUT2D eigenvalue weighted by molar-refractivity contribution is -0.344. The van der Waals surface area contributed by atoms with Gasteiger partial charge in [0.2, 0.25) is 0 Å². The average Bonchev–Trinajstić information content (AvgIpc) is 3.59. The number of ether oxygens (including phenoxy) is 4. The molecule has 0 aromatic carbocycles. The third-order valence-corrected chi connectivity index (χ3v) is 15.4. The number of rotatable bonds is 9. The van der Waals surface area contributed by atoms with Crippen molar-refractivity contribution in [2.75, 3.05) is 6.61 Å². The minimum absolute atomic E-state index is 0.00623. The first-order chi connectivity index (χ1) is 22.4. The van der Waals surface area contributed by atoms with Crippen molar-refractivity contribution in [3.05, 3.63) is 12.2 Å². The van der Waals surface area contributed by atoms with Gasteiger partial charge in [0.25, 0.3) is 0 Å². The molecule has 0 aromatic rings. The number of hydrogen-bond donors (Lipinski definition) is 3. The largest absolute Gasteiger partial charge is 0.463 e. The maximum absolute atomic E-state index is 12.2. The zero-order valence-corrected chi connectivity index (χ0v) is 29.9. The quantitative estimate of drug-likeness (QED) is 0.138. The van der Waals surface area contributed by atoms with Gasteiger partial charge >= 0.3 is 11.9 Å². The number of aliphatic hydroxyl groups is 3. The molecule has 6 rings (SSSR count). The summed E-state index contributed by atoms with van der Waals surface area (Å²) in [5.74, 6) is 0.238. The van der Waals surface area contributed by atoms with E-state index < -0.39 is 36.7 Å². The molecule has 0 amide bonds. The second-order valence-corrected chi connectivity index (χ2v) is 17.4. The predicted molar refractivity (Wildman–Crippen MR) is 175 cm³/mol. The molecule has 10 nitrogen and oxygen atoms in total. The van der Waals surface area contributed by atoms with E-state index in [1.165, 1.54) is 13.8 Å². The Morgan fingerprint density at radius 2 is 1.65 bits per heavy atom. The summed E-state index contributed by atoms with van der Waals surface area (Å²) in [5, 5.41) is 32.9. The van der Waals surface area contributed by atoms with Crippen LogP contribution in [0.5, 0.6) is 0 Å². The van der Waals surface area contributed by atoms with Crippen LogP contribution in [0, 0.1) is 50.7 Å². The molecule has 1 unspecified atom stereocenters. The number of aliphatic hydroxyl groups excluding tert-OH is 3. The molecule has 3 N–H and O–H groups in total. The number of esters is 2. The van der Waals surface area contributed by atoms with E-state index in [4.69, 9.17) is 18.9 Å². The minimum Gasteiger partial charge on any atom is -0.463 e. The van der Waals surface area contributed by atoms with Crippen molar-refractivity contribution in [1.82, 2.24) is 0 Å². The molecule has 1 heterocycles. The van der Waals surface area contributed by atoms with Crippen LogP contribution in [0.2, 0.25) is 0 Å². The van der Waals surface area contributed by atoms with Crippen molar-refractivity contribution in [2.24, 2.45) is 50.7 Å². The molecule has 1 aliphatic heterocycles. The molecule has 15 atom stereocenters. The molecule has 0 radical (unpaired) electrons.